The summed E-state index contributed by atoms with van der Waals surface area (Å²) >= 11 is 0. The van der Waals surface area contributed by atoms with Crippen LogP contribution in [0.2, 0.25) is 25.7 Å². The van der Waals surface area contributed by atoms with E-state index in [4.69, 9.17) is 9.47 Å². The largest absolute Gasteiger partial charge is 0.466 e. The third kappa shape index (κ3) is 17.1. The van der Waals surface area contributed by atoms with Crippen LogP contribution in [0.4, 0.5) is 4.79 Å². The average molecular weight is 459 g/mol. The quantitative estimate of drug-likeness (QED) is 0.152. The van der Waals surface area contributed by atoms with Crippen LogP contribution in [0, 0.1) is 0 Å². The molecular weight excluding hydrogens is 420 g/mol. The number of rotatable bonds is 12. The molecule has 0 aliphatic heterocycles. The first-order chi connectivity index (χ1) is 14.2. The van der Waals surface area contributed by atoms with E-state index in [9.17, 15) is 19.2 Å². The molecule has 0 bridgehead atoms. The third-order valence-corrected chi connectivity index (χ3v) is 5.56. The molecule has 2 N–H and O–H groups in total. The number of carbonyl (C=O) groups excluding carboxylic acids is 4. The monoisotopic (exact) mass is 458 g/mol. The van der Waals surface area contributed by atoms with Gasteiger partial charge >= 0.3 is 18.0 Å². The molecule has 10 heteroatoms. The minimum absolute atomic E-state index is 0.313. The fourth-order valence-corrected chi connectivity index (χ4v) is 2.93. The van der Waals surface area contributed by atoms with E-state index in [1.807, 2.05) is 0 Å². The van der Waals surface area contributed by atoms with Gasteiger partial charge in [0.1, 0.15) is 11.6 Å². The first-order valence-electron chi connectivity index (χ1n) is 10.4. The maximum Gasteiger partial charge on any atom is 0.407 e. The lowest BCUT2D eigenvalue weighted by atomic mass is 10.1. The molecule has 0 saturated carbocycles. The summed E-state index contributed by atoms with van der Waals surface area (Å²) in [6.07, 6.45) is 2.95. The summed E-state index contributed by atoms with van der Waals surface area (Å²) in [5.41, 5.74) is -0.682. The van der Waals surface area contributed by atoms with Gasteiger partial charge in [-0.05, 0) is 46.1 Å². The standard InChI is InChI=1S/C21H38N2O7Si/c1-21(2,3)30-19(26)16(23-20(27)29-14-15-31(5,6)7)10-8-9-13-22-17(24)11-12-18(25)28-4/h11-12,16H,8-10,13-15H2,1-7H3,(H,22,24)(H,23,27)/b12-11+/t16-/m0/s1. The zero-order chi connectivity index (χ0) is 24.1. The van der Waals surface area contributed by atoms with Gasteiger partial charge < -0.3 is 24.8 Å². The van der Waals surface area contributed by atoms with Gasteiger partial charge in [0.15, 0.2) is 0 Å². The Bertz CT molecular complexity index is 637. The van der Waals surface area contributed by atoms with Gasteiger partial charge in [-0.2, -0.15) is 0 Å². The molecule has 31 heavy (non-hydrogen) atoms. The summed E-state index contributed by atoms with van der Waals surface area (Å²) in [6.45, 7) is 12.5. The molecule has 0 fully saturated rings. The van der Waals surface area contributed by atoms with E-state index in [2.05, 4.69) is 35.0 Å². The van der Waals surface area contributed by atoms with Crippen molar-refractivity contribution in [3.05, 3.63) is 12.2 Å². The van der Waals surface area contributed by atoms with Gasteiger partial charge in [-0.15, -0.1) is 0 Å². The summed E-state index contributed by atoms with van der Waals surface area (Å²) in [5.74, 6) is -1.56. The van der Waals surface area contributed by atoms with Crippen molar-refractivity contribution in [2.75, 3.05) is 20.3 Å². The number of amides is 2. The van der Waals surface area contributed by atoms with Crippen LogP contribution in [-0.4, -0.2) is 63.9 Å². The minimum atomic E-state index is -1.33. The van der Waals surface area contributed by atoms with Crippen LogP contribution >= 0.6 is 0 Å². The maximum atomic E-state index is 12.5. The lowest BCUT2D eigenvalue weighted by molar-refractivity contribution is -0.157. The molecule has 0 rings (SSSR count). The van der Waals surface area contributed by atoms with E-state index in [0.717, 1.165) is 18.2 Å². The summed E-state index contributed by atoms with van der Waals surface area (Å²) in [4.78, 5) is 47.1. The molecular formula is C21H38N2O7Si. The number of hydrogen-bond acceptors (Lipinski definition) is 7. The fourth-order valence-electron chi connectivity index (χ4n) is 2.21. The fraction of sp³-hybridized carbons (Fsp3) is 0.714. The van der Waals surface area contributed by atoms with Crippen LogP contribution in [0.5, 0.6) is 0 Å². The Hall–Kier alpha value is -2.36. The molecule has 0 saturated heterocycles. The summed E-state index contributed by atoms with van der Waals surface area (Å²) in [6, 6.07) is -0.00436. The Morgan fingerprint density at radius 2 is 1.68 bits per heavy atom. The van der Waals surface area contributed by atoms with Gasteiger partial charge in [0.05, 0.1) is 13.7 Å². The molecule has 0 aliphatic carbocycles. The molecule has 2 amide bonds. The van der Waals surface area contributed by atoms with Crippen molar-refractivity contribution in [3.8, 4) is 0 Å². The van der Waals surface area contributed by atoms with E-state index in [1.54, 1.807) is 20.8 Å². The summed E-state index contributed by atoms with van der Waals surface area (Å²) < 4.78 is 15.0. The van der Waals surface area contributed by atoms with Crippen LogP contribution in [0.1, 0.15) is 40.0 Å². The molecule has 0 aromatic heterocycles. The molecule has 0 aromatic rings. The number of nitrogens with one attached hydrogen (secondary N) is 2. The second-order valence-corrected chi connectivity index (χ2v) is 14.9. The smallest absolute Gasteiger partial charge is 0.407 e. The number of esters is 2. The molecule has 0 spiro atoms. The Morgan fingerprint density at radius 3 is 2.23 bits per heavy atom. The van der Waals surface area contributed by atoms with Crippen molar-refractivity contribution < 1.29 is 33.4 Å². The van der Waals surface area contributed by atoms with E-state index in [-0.39, 0.29) is 0 Å². The van der Waals surface area contributed by atoms with Crippen molar-refractivity contribution in [1.82, 2.24) is 10.6 Å². The van der Waals surface area contributed by atoms with Crippen LogP contribution in [0.25, 0.3) is 0 Å². The van der Waals surface area contributed by atoms with Crippen LogP contribution < -0.4 is 10.6 Å². The zero-order valence-electron chi connectivity index (χ0n) is 19.8. The maximum absolute atomic E-state index is 12.5. The van der Waals surface area contributed by atoms with E-state index < -0.39 is 43.7 Å². The van der Waals surface area contributed by atoms with Crippen LogP contribution in [0.15, 0.2) is 12.2 Å². The topological polar surface area (TPSA) is 120 Å². The highest BCUT2D eigenvalue weighted by atomic mass is 28.3. The Kier molecular flexibility index (Phi) is 12.8. The van der Waals surface area contributed by atoms with Gasteiger partial charge in [0.2, 0.25) is 5.91 Å². The van der Waals surface area contributed by atoms with Gasteiger partial charge in [-0.3, -0.25) is 4.79 Å². The van der Waals surface area contributed by atoms with Crippen molar-refractivity contribution in [2.45, 2.75) is 77.4 Å². The van der Waals surface area contributed by atoms with Crippen molar-refractivity contribution in [3.63, 3.8) is 0 Å². The molecule has 1 atom stereocenters. The number of hydrogen-bond donors (Lipinski definition) is 2. The number of carbonyl (C=O) groups is 4. The highest BCUT2D eigenvalue weighted by Crippen LogP contribution is 2.12. The second-order valence-electron chi connectivity index (χ2n) is 9.32. The molecule has 0 unspecified atom stereocenters. The first kappa shape index (κ1) is 28.6. The van der Waals surface area contributed by atoms with Gasteiger partial charge in [-0.25, -0.2) is 14.4 Å². The Balaban J connectivity index is 4.57. The third-order valence-electron chi connectivity index (χ3n) is 3.86. The number of alkyl carbamates (subject to hydrolysis) is 1. The molecule has 0 heterocycles. The molecule has 178 valence electrons. The lowest BCUT2D eigenvalue weighted by Gasteiger charge is -2.24. The number of methoxy groups -OCH3 is 1. The Morgan fingerprint density at radius 1 is 1.03 bits per heavy atom. The molecule has 9 nitrogen and oxygen atoms in total. The summed E-state index contributed by atoms with van der Waals surface area (Å²) in [7, 11) is -0.109. The second kappa shape index (κ2) is 13.8. The van der Waals surface area contributed by atoms with Crippen LogP contribution in [-0.2, 0) is 28.6 Å². The van der Waals surface area contributed by atoms with Gasteiger partial charge in [0.25, 0.3) is 0 Å². The molecule has 0 aliphatic rings. The van der Waals surface area contributed by atoms with Crippen molar-refractivity contribution >= 4 is 32.0 Å². The molecule has 0 aromatic carbocycles. The van der Waals surface area contributed by atoms with Gasteiger partial charge in [-0.1, -0.05) is 19.6 Å². The normalized spacial score (nSPS) is 12.7. The van der Waals surface area contributed by atoms with E-state index >= 15 is 0 Å². The highest BCUT2D eigenvalue weighted by Gasteiger charge is 2.27. The van der Waals surface area contributed by atoms with E-state index in [1.165, 1.54) is 7.11 Å². The first-order valence-corrected chi connectivity index (χ1v) is 14.1. The zero-order valence-corrected chi connectivity index (χ0v) is 20.8. The molecule has 0 radical (unpaired) electrons. The predicted molar refractivity (Wildman–Crippen MR) is 120 cm³/mol. The van der Waals surface area contributed by atoms with Gasteiger partial charge in [0, 0.05) is 26.8 Å². The average Bonchev–Trinajstić information content (AvgIpc) is 2.62. The van der Waals surface area contributed by atoms with E-state index in [0.29, 0.717) is 32.4 Å². The lowest BCUT2D eigenvalue weighted by Crippen LogP contribution is -2.44. The highest BCUT2D eigenvalue weighted by molar-refractivity contribution is 6.76. The van der Waals surface area contributed by atoms with Crippen molar-refractivity contribution in [2.24, 2.45) is 0 Å². The minimum Gasteiger partial charge on any atom is -0.466 e. The predicted octanol–water partition coefficient (Wildman–Crippen LogP) is 2.78. The number of ether oxygens (including phenoxy) is 3. The van der Waals surface area contributed by atoms with Crippen molar-refractivity contribution in [1.29, 1.82) is 0 Å². The summed E-state index contributed by atoms with van der Waals surface area (Å²) in [5, 5.41) is 5.22. The number of unbranched alkanes of at least 4 members (excludes halogenated alkanes) is 1. The SMILES string of the molecule is COC(=O)/C=C/C(=O)NCCCC[C@H](NC(=O)OCC[Si](C)(C)C)C(=O)OC(C)(C)C. The van der Waals surface area contributed by atoms with Crippen LogP contribution in [0.3, 0.4) is 0 Å². The Labute approximate surface area is 186 Å².